The summed E-state index contributed by atoms with van der Waals surface area (Å²) in [5.41, 5.74) is 2.03. The Kier molecular flexibility index (Phi) is 8.09. The van der Waals surface area contributed by atoms with Crippen molar-refractivity contribution in [1.82, 2.24) is 4.90 Å². The maximum atomic E-state index is 12.8. The zero-order valence-corrected chi connectivity index (χ0v) is 20.3. The number of benzene rings is 2. The van der Waals surface area contributed by atoms with E-state index in [1.54, 1.807) is 48.5 Å². The molecule has 34 heavy (non-hydrogen) atoms. The smallest absolute Gasteiger partial charge is 0.338 e. The number of nitrogens with zero attached hydrogens (tertiary/aromatic N) is 1. The third kappa shape index (κ3) is 6.90. The van der Waals surface area contributed by atoms with Crippen molar-refractivity contribution in [2.24, 2.45) is 5.92 Å². The van der Waals surface area contributed by atoms with Crippen LogP contribution in [0.15, 0.2) is 48.5 Å². The van der Waals surface area contributed by atoms with Crippen LogP contribution in [0.25, 0.3) is 11.1 Å². The van der Waals surface area contributed by atoms with Crippen LogP contribution < -0.4 is 4.74 Å². The summed E-state index contributed by atoms with van der Waals surface area (Å²) in [6.45, 7) is 5.19. The Morgan fingerprint density at radius 1 is 1.00 bits per heavy atom. The molecule has 3 rings (SSSR count). The summed E-state index contributed by atoms with van der Waals surface area (Å²) in [6, 6.07) is 13.3. The molecule has 0 aromatic heterocycles. The fourth-order valence-electron chi connectivity index (χ4n) is 3.84. The summed E-state index contributed by atoms with van der Waals surface area (Å²) < 4.78 is 34.0. The van der Waals surface area contributed by atoms with Crippen molar-refractivity contribution in [3.63, 3.8) is 0 Å². The molecule has 1 saturated heterocycles. The zero-order valence-electron chi connectivity index (χ0n) is 19.5. The predicted octanol–water partition coefficient (Wildman–Crippen LogP) is 3.11. The van der Waals surface area contributed by atoms with Crippen LogP contribution in [0.2, 0.25) is 0 Å². The molecule has 1 unspecified atom stereocenters. The van der Waals surface area contributed by atoms with E-state index < -0.39 is 34.3 Å². The van der Waals surface area contributed by atoms with Gasteiger partial charge in [0, 0.05) is 19.5 Å². The number of rotatable bonds is 8. The highest BCUT2D eigenvalue weighted by Crippen LogP contribution is 2.23. The molecule has 0 radical (unpaired) electrons. The maximum absolute atomic E-state index is 12.8. The number of sulfone groups is 1. The van der Waals surface area contributed by atoms with Gasteiger partial charge < -0.3 is 14.4 Å². The average Bonchev–Trinajstić information content (AvgIpc) is 3.15. The Labute approximate surface area is 199 Å². The zero-order chi connectivity index (χ0) is 24.9. The molecular weight excluding hydrogens is 458 g/mol. The van der Waals surface area contributed by atoms with Gasteiger partial charge in [0.2, 0.25) is 0 Å². The standard InChI is InChI=1S/C25H29NO7S/c1-17(2)14-26(22-12-13-34(30,31)16-22)24(28)15-32-25(29)21-6-4-19(5-7-21)20-8-10-23(11-9-20)33-18(3)27/h4-11,17,22H,12-16H2,1-3H3. The quantitative estimate of drug-likeness (QED) is 0.416. The highest BCUT2D eigenvalue weighted by Gasteiger charge is 2.35. The first-order chi connectivity index (χ1) is 16.0. The number of ether oxygens (including phenoxy) is 2. The van der Waals surface area contributed by atoms with Gasteiger partial charge in [0.25, 0.3) is 5.91 Å². The van der Waals surface area contributed by atoms with Crippen molar-refractivity contribution in [3.05, 3.63) is 54.1 Å². The normalized spacial score (nSPS) is 16.8. The van der Waals surface area contributed by atoms with Crippen LogP contribution in [0.5, 0.6) is 5.75 Å². The van der Waals surface area contributed by atoms with Crippen molar-refractivity contribution >= 4 is 27.7 Å². The van der Waals surface area contributed by atoms with E-state index in [1.807, 2.05) is 13.8 Å². The minimum absolute atomic E-state index is 0.0529. The van der Waals surface area contributed by atoms with Crippen LogP contribution in [0.3, 0.4) is 0 Å². The van der Waals surface area contributed by atoms with Gasteiger partial charge >= 0.3 is 11.9 Å². The highest BCUT2D eigenvalue weighted by molar-refractivity contribution is 7.91. The van der Waals surface area contributed by atoms with Gasteiger partial charge in [-0.25, -0.2) is 13.2 Å². The molecule has 9 heteroatoms. The van der Waals surface area contributed by atoms with E-state index in [-0.39, 0.29) is 23.5 Å². The maximum Gasteiger partial charge on any atom is 0.338 e. The Bertz CT molecular complexity index is 1140. The molecule has 1 aliphatic heterocycles. The molecule has 182 valence electrons. The van der Waals surface area contributed by atoms with Crippen LogP contribution >= 0.6 is 0 Å². The van der Waals surface area contributed by atoms with Crippen LogP contribution in [-0.2, 0) is 24.2 Å². The van der Waals surface area contributed by atoms with E-state index in [0.717, 1.165) is 11.1 Å². The first-order valence-electron chi connectivity index (χ1n) is 11.1. The molecule has 0 N–H and O–H groups in total. The second-order valence-corrected chi connectivity index (χ2v) is 11.0. The molecule has 1 atom stereocenters. The molecule has 1 fully saturated rings. The SMILES string of the molecule is CC(=O)Oc1ccc(-c2ccc(C(=O)OCC(=O)N(CC(C)C)C3CCS(=O)(=O)C3)cc2)cc1. The lowest BCUT2D eigenvalue weighted by molar-refractivity contribution is -0.137. The van der Waals surface area contributed by atoms with E-state index in [4.69, 9.17) is 9.47 Å². The number of hydrogen-bond acceptors (Lipinski definition) is 7. The minimum Gasteiger partial charge on any atom is -0.452 e. The van der Waals surface area contributed by atoms with Crippen molar-refractivity contribution in [2.75, 3.05) is 24.7 Å². The van der Waals surface area contributed by atoms with Crippen LogP contribution in [0.1, 0.15) is 37.6 Å². The first kappa shape index (κ1) is 25.4. The number of amides is 1. The topological polar surface area (TPSA) is 107 Å². The van der Waals surface area contributed by atoms with E-state index >= 15 is 0 Å². The van der Waals surface area contributed by atoms with Gasteiger partial charge in [0.05, 0.1) is 17.1 Å². The Hall–Kier alpha value is -3.20. The molecule has 8 nitrogen and oxygen atoms in total. The molecular formula is C25H29NO7S. The first-order valence-corrected chi connectivity index (χ1v) is 12.9. The van der Waals surface area contributed by atoms with Crippen molar-refractivity contribution in [2.45, 2.75) is 33.2 Å². The molecule has 1 heterocycles. The van der Waals surface area contributed by atoms with Gasteiger partial charge in [0.1, 0.15) is 5.75 Å². The summed E-state index contributed by atoms with van der Waals surface area (Å²) in [4.78, 5) is 37.8. The summed E-state index contributed by atoms with van der Waals surface area (Å²) in [6.07, 6.45) is 0.401. The van der Waals surface area contributed by atoms with E-state index in [2.05, 4.69) is 0 Å². The average molecular weight is 488 g/mol. The fraction of sp³-hybridized carbons (Fsp3) is 0.400. The molecule has 2 aromatic rings. The number of carbonyl (C=O) groups is 3. The van der Waals surface area contributed by atoms with Gasteiger partial charge in [-0.2, -0.15) is 0 Å². The second kappa shape index (κ2) is 10.8. The third-order valence-corrected chi connectivity index (χ3v) is 7.18. The van der Waals surface area contributed by atoms with E-state index in [9.17, 15) is 22.8 Å². The van der Waals surface area contributed by atoms with Gasteiger partial charge in [-0.15, -0.1) is 0 Å². The van der Waals surface area contributed by atoms with Crippen molar-refractivity contribution in [3.8, 4) is 16.9 Å². The molecule has 0 bridgehead atoms. The molecule has 1 amide bonds. The lowest BCUT2D eigenvalue weighted by Gasteiger charge is -2.29. The largest absolute Gasteiger partial charge is 0.452 e. The van der Waals surface area contributed by atoms with Crippen molar-refractivity contribution < 1.29 is 32.3 Å². The van der Waals surface area contributed by atoms with Gasteiger partial charge in [-0.1, -0.05) is 38.1 Å². The van der Waals surface area contributed by atoms with Crippen LogP contribution in [0, 0.1) is 5.92 Å². The second-order valence-electron chi connectivity index (χ2n) is 8.77. The summed E-state index contributed by atoms with van der Waals surface area (Å²) in [5.74, 6) is -0.806. The summed E-state index contributed by atoms with van der Waals surface area (Å²) in [5, 5.41) is 0. The molecule has 1 aliphatic rings. The minimum atomic E-state index is -3.14. The monoisotopic (exact) mass is 487 g/mol. The highest BCUT2D eigenvalue weighted by atomic mass is 32.2. The molecule has 0 spiro atoms. The fourth-order valence-corrected chi connectivity index (χ4v) is 5.57. The summed E-state index contributed by atoms with van der Waals surface area (Å²) in [7, 11) is -3.14. The lowest BCUT2D eigenvalue weighted by Crippen LogP contribution is -2.45. The number of hydrogen-bond donors (Lipinski definition) is 0. The Morgan fingerprint density at radius 3 is 2.09 bits per heavy atom. The predicted molar refractivity (Wildman–Crippen MR) is 127 cm³/mol. The van der Waals surface area contributed by atoms with Crippen LogP contribution in [0.4, 0.5) is 0 Å². The van der Waals surface area contributed by atoms with Gasteiger partial charge in [-0.05, 0) is 47.7 Å². The third-order valence-electron chi connectivity index (χ3n) is 5.43. The van der Waals surface area contributed by atoms with E-state index in [0.29, 0.717) is 24.3 Å². The molecule has 0 aliphatic carbocycles. The molecule has 2 aromatic carbocycles. The Morgan fingerprint density at radius 2 is 1.59 bits per heavy atom. The number of esters is 2. The van der Waals surface area contributed by atoms with Crippen molar-refractivity contribution in [1.29, 1.82) is 0 Å². The van der Waals surface area contributed by atoms with Gasteiger partial charge in [-0.3, -0.25) is 9.59 Å². The Balaban J connectivity index is 1.60. The van der Waals surface area contributed by atoms with Gasteiger partial charge in [0.15, 0.2) is 16.4 Å². The number of carbonyl (C=O) groups excluding carboxylic acids is 3. The lowest BCUT2D eigenvalue weighted by atomic mass is 10.0. The summed E-state index contributed by atoms with van der Waals surface area (Å²) >= 11 is 0. The van der Waals surface area contributed by atoms with E-state index in [1.165, 1.54) is 11.8 Å². The van der Waals surface area contributed by atoms with Crippen LogP contribution in [-0.4, -0.2) is 61.9 Å². The molecule has 0 saturated carbocycles.